The topological polar surface area (TPSA) is 52.0 Å². The van der Waals surface area contributed by atoms with Gasteiger partial charge in [0.1, 0.15) is 0 Å². The molecule has 0 spiro atoms. The maximum absolute atomic E-state index is 6.12. The number of nitrogen functional groups attached to an aromatic ring is 2. The Balaban J connectivity index is 1.69. The summed E-state index contributed by atoms with van der Waals surface area (Å²) in [6.07, 6.45) is 2.13. The predicted octanol–water partition coefficient (Wildman–Crippen LogP) is 4.79. The SMILES string of the molecule is CC(c1ccc(CCc2ccccc2)cc1)c1ccc(N)cc1N. The molecule has 0 aliphatic heterocycles. The Kier molecular flexibility index (Phi) is 4.85. The molecular weight excluding hydrogens is 292 g/mol. The lowest BCUT2D eigenvalue weighted by atomic mass is 9.90. The van der Waals surface area contributed by atoms with Crippen LogP contribution in [-0.4, -0.2) is 0 Å². The number of benzene rings is 3. The molecule has 3 rings (SSSR count). The van der Waals surface area contributed by atoms with E-state index in [0.29, 0.717) is 5.69 Å². The molecule has 0 fully saturated rings. The van der Waals surface area contributed by atoms with Crippen molar-refractivity contribution >= 4 is 11.4 Å². The number of aryl methyl sites for hydroxylation is 2. The van der Waals surface area contributed by atoms with Gasteiger partial charge in [-0.2, -0.15) is 0 Å². The van der Waals surface area contributed by atoms with Crippen molar-refractivity contribution < 1.29 is 0 Å². The van der Waals surface area contributed by atoms with E-state index in [2.05, 4.69) is 61.5 Å². The quantitative estimate of drug-likeness (QED) is 0.665. The first-order valence-electron chi connectivity index (χ1n) is 8.41. The van der Waals surface area contributed by atoms with Gasteiger partial charge in [0, 0.05) is 17.3 Å². The third kappa shape index (κ3) is 3.77. The molecule has 0 amide bonds. The van der Waals surface area contributed by atoms with Crippen LogP contribution >= 0.6 is 0 Å². The third-order valence-electron chi connectivity index (χ3n) is 4.60. The molecule has 1 atom stereocenters. The fraction of sp³-hybridized carbons (Fsp3) is 0.182. The summed E-state index contributed by atoms with van der Waals surface area (Å²) in [5.74, 6) is 0.258. The molecule has 0 aliphatic rings. The number of anilines is 2. The van der Waals surface area contributed by atoms with Crippen LogP contribution in [0.15, 0.2) is 72.8 Å². The molecule has 0 saturated heterocycles. The minimum atomic E-state index is 0.258. The third-order valence-corrected chi connectivity index (χ3v) is 4.60. The molecule has 3 aromatic rings. The molecular formula is C22H24N2. The number of hydrogen-bond acceptors (Lipinski definition) is 2. The van der Waals surface area contributed by atoms with Gasteiger partial charge in [0.25, 0.3) is 0 Å². The second-order valence-electron chi connectivity index (χ2n) is 6.34. The van der Waals surface area contributed by atoms with Gasteiger partial charge in [-0.15, -0.1) is 0 Å². The van der Waals surface area contributed by atoms with Gasteiger partial charge in [0.2, 0.25) is 0 Å². The molecule has 3 aromatic carbocycles. The van der Waals surface area contributed by atoms with Crippen LogP contribution in [-0.2, 0) is 12.8 Å². The summed E-state index contributed by atoms with van der Waals surface area (Å²) in [6, 6.07) is 25.2. The lowest BCUT2D eigenvalue weighted by Gasteiger charge is -2.16. The van der Waals surface area contributed by atoms with Gasteiger partial charge >= 0.3 is 0 Å². The van der Waals surface area contributed by atoms with Crippen LogP contribution in [0.25, 0.3) is 0 Å². The molecule has 24 heavy (non-hydrogen) atoms. The average molecular weight is 316 g/mol. The standard InChI is InChI=1S/C22H24N2/c1-16(21-14-13-20(23)15-22(21)24)19-11-9-18(10-12-19)8-7-17-5-3-2-4-6-17/h2-6,9-16H,7-8,23-24H2,1H3. The molecule has 0 bridgehead atoms. The Morgan fingerprint density at radius 1 is 0.750 bits per heavy atom. The van der Waals surface area contributed by atoms with Crippen molar-refractivity contribution in [2.45, 2.75) is 25.7 Å². The summed E-state index contributed by atoms with van der Waals surface area (Å²) in [4.78, 5) is 0. The minimum Gasteiger partial charge on any atom is -0.399 e. The summed E-state index contributed by atoms with van der Waals surface area (Å²) in [5.41, 5.74) is 18.5. The highest BCUT2D eigenvalue weighted by atomic mass is 14.6. The van der Waals surface area contributed by atoms with Crippen molar-refractivity contribution in [1.82, 2.24) is 0 Å². The van der Waals surface area contributed by atoms with Crippen LogP contribution in [0.1, 0.15) is 35.1 Å². The van der Waals surface area contributed by atoms with E-state index in [0.717, 1.165) is 24.1 Å². The summed E-state index contributed by atoms with van der Waals surface area (Å²) in [7, 11) is 0. The number of hydrogen-bond donors (Lipinski definition) is 2. The smallest absolute Gasteiger partial charge is 0.0373 e. The lowest BCUT2D eigenvalue weighted by molar-refractivity contribution is 0.915. The molecule has 0 aromatic heterocycles. The van der Waals surface area contributed by atoms with E-state index in [9.17, 15) is 0 Å². The number of rotatable bonds is 5. The van der Waals surface area contributed by atoms with Crippen LogP contribution in [0, 0.1) is 0 Å². The first-order chi connectivity index (χ1) is 11.6. The Morgan fingerprint density at radius 2 is 1.38 bits per heavy atom. The molecule has 0 saturated carbocycles. The van der Waals surface area contributed by atoms with E-state index in [1.807, 2.05) is 18.2 Å². The first-order valence-corrected chi connectivity index (χ1v) is 8.41. The summed E-state index contributed by atoms with van der Waals surface area (Å²) in [6.45, 7) is 2.18. The molecule has 0 aliphatic carbocycles. The monoisotopic (exact) mass is 316 g/mol. The van der Waals surface area contributed by atoms with Crippen LogP contribution < -0.4 is 11.5 Å². The van der Waals surface area contributed by atoms with Crippen LogP contribution in [0.5, 0.6) is 0 Å². The van der Waals surface area contributed by atoms with Crippen molar-refractivity contribution in [3.63, 3.8) is 0 Å². The largest absolute Gasteiger partial charge is 0.399 e. The van der Waals surface area contributed by atoms with Crippen molar-refractivity contribution in [3.05, 3.63) is 95.1 Å². The van der Waals surface area contributed by atoms with Crippen LogP contribution in [0.3, 0.4) is 0 Å². The zero-order chi connectivity index (χ0) is 16.9. The minimum absolute atomic E-state index is 0.258. The highest BCUT2D eigenvalue weighted by Gasteiger charge is 2.11. The Morgan fingerprint density at radius 3 is 2.00 bits per heavy atom. The van der Waals surface area contributed by atoms with Crippen molar-refractivity contribution in [1.29, 1.82) is 0 Å². The van der Waals surface area contributed by atoms with E-state index in [4.69, 9.17) is 11.5 Å². The highest BCUT2D eigenvalue weighted by Crippen LogP contribution is 2.30. The van der Waals surface area contributed by atoms with Gasteiger partial charge in [-0.25, -0.2) is 0 Å². The zero-order valence-corrected chi connectivity index (χ0v) is 14.1. The van der Waals surface area contributed by atoms with Crippen LogP contribution in [0.4, 0.5) is 11.4 Å². The van der Waals surface area contributed by atoms with Crippen molar-refractivity contribution in [3.8, 4) is 0 Å². The Hall–Kier alpha value is -2.74. The molecule has 4 N–H and O–H groups in total. The summed E-state index contributed by atoms with van der Waals surface area (Å²) in [5, 5.41) is 0. The van der Waals surface area contributed by atoms with Crippen LogP contribution in [0.2, 0.25) is 0 Å². The van der Waals surface area contributed by atoms with Crippen molar-refractivity contribution in [2.24, 2.45) is 0 Å². The maximum atomic E-state index is 6.12. The van der Waals surface area contributed by atoms with E-state index in [-0.39, 0.29) is 5.92 Å². The second kappa shape index (κ2) is 7.22. The van der Waals surface area contributed by atoms with Gasteiger partial charge in [0.15, 0.2) is 0 Å². The number of nitrogens with two attached hydrogens (primary N) is 2. The van der Waals surface area contributed by atoms with Gasteiger partial charge in [-0.1, -0.05) is 67.6 Å². The fourth-order valence-corrected chi connectivity index (χ4v) is 3.07. The second-order valence-corrected chi connectivity index (χ2v) is 6.34. The summed E-state index contributed by atoms with van der Waals surface area (Å²) >= 11 is 0. The molecule has 2 heteroatoms. The Bertz CT molecular complexity index is 792. The normalized spacial score (nSPS) is 12.0. The van der Waals surface area contributed by atoms with Gasteiger partial charge in [-0.3, -0.25) is 0 Å². The van der Waals surface area contributed by atoms with E-state index in [1.165, 1.54) is 16.7 Å². The lowest BCUT2D eigenvalue weighted by Crippen LogP contribution is -2.02. The summed E-state index contributed by atoms with van der Waals surface area (Å²) < 4.78 is 0. The van der Waals surface area contributed by atoms with E-state index in [1.54, 1.807) is 0 Å². The van der Waals surface area contributed by atoms with E-state index >= 15 is 0 Å². The zero-order valence-electron chi connectivity index (χ0n) is 14.1. The fourth-order valence-electron chi connectivity index (χ4n) is 3.07. The molecule has 122 valence electrons. The molecule has 1 unspecified atom stereocenters. The highest BCUT2D eigenvalue weighted by molar-refractivity contribution is 5.59. The average Bonchev–Trinajstić information content (AvgIpc) is 2.61. The van der Waals surface area contributed by atoms with Gasteiger partial charge < -0.3 is 11.5 Å². The predicted molar refractivity (Wildman–Crippen MR) is 103 cm³/mol. The molecule has 0 radical (unpaired) electrons. The first kappa shape index (κ1) is 16.1. The molecule has 0 heterocycles. The van der Waals surface area contributed by atoms with Gasteiger partial charge in [-0.05, 0) is 47.2 Å². The van der Waals surface area contributed by atoms with Gasteiger partial charge in [0.05, 0.1) is 0 Å². The molecule has 2 nitrogen and oxygen atoms in total. The van der Waals surface area contributed by atoms with E-state index < -0.39 is 0 Å². The Labute approximate surface area is 144 Å². The maximum Gasteiger partial charge on any atom is 0.0373 e. The van der Waals surface area contributed by atoms with Crippen molar-refractivity contribution in [2.75, 3.05) is 11.5 Å².